The van der Waals surface area contributed by atoms with Crippen molar-refractivity contribution in [3.8, 4) is 0 Å². The fourth-order valence-electron chi connectivity index (χ4n) is 2.21. The fraction of sp³-hybridized carbons (Fsp3) is 0.500. The van der Waals surface area contributed by atoms with Gasteiger partial charge in [-0.25, -0.2) is 0 Å². The van der Waals surface area contributed by atoms with E-state index in [0.29, 0.717) is 0 Å². The smallest absolute Gasteiger partial charge is 0.000901 e. The van der Waals surface area contributed by atoms with Gasteiger partial charge in [0.1, 0.15) is 0 Å². The van der Waals surface area contributed by atoms with Crippen LogP contribution in [0.15, 0.2) is 18.2 Å². The molecule has 0 heteroatoms. The van der Waals surface area contributed by atoms with Gasteiger partial charge in [0.15, 0.2) is 0 Å². The Morgan fingerprint density at radius 2 is 2.00 bits per heavy atom. The van der Waals surface area contributed by atoms with Crippen molar-refractivity contribution >= 4 is 0 Å². The van der Waals surface area contributed by atoms with Crippen molar-refractivity contribution in [1.29, 1.82) is 0 Å². The summed E-state index contributed by atoms with van der Waals surface area (Å²) in [6, 6.07) is 6.77. The molecule has 0 amide bonds. The van der Waals surface area contributed by atoms with Crippen LogP contribution in [0.1, 0.15) is 56.2 Å². The van der Waals surface area contributed by atoms with E-state index in [1.54, 1.807) is 11.1 Å². The first-order valence-corrected chi connectivity index (χ1v) is 5.66. The largest absolute Gasteiger partial charge is 0.0617 e. The van der Waals surface area contributed by atoms with Gasteiger partial charge in [0.05, 0.1) is 0 Å². The van der Waals surface area contributed by atoms with E-state index in [2.05, 4.69) is 39.0 Å². The van der Waals surface area contributed by atoms with E-state index < -0.39 is 0 Å². The zero-order valence-electron chi connectivity index (χ0n) is 9.43. The molecule has 0 atom stereocenters. The molecule has 1 aromatic rings. The summed E-state index contributed by atoms with van der Waals surface area (Å²) >= 11 is 0. The molecule has 1 aromatic carbocycles. The minimum Gasteiger partial charge on any atom is -0.0617 e. The Kier molecular flexibility index (Phi) is 2.62. The molecule has 0 N–H and O–H groups in total. The normalized spacial score (nSPS) is 16.3. The summed E-state index contributed by atoms with van der Waals surface area (Å²) in [5.74, 6) is 2.33. The zero-order valence-corrected chi connectivity index (χ0v) is 9.43. The average molecular weight is 187 g/mol. The lowest BCUT2D eigenvalue weighted by atomic mass is 9.89. The van der Waals surface area contributed by atoms with Gasteiger partial charge in [-0.3, -0.25) is 0 Å². The second-order valence-corrected chi connectivity index (χ2v) is 4.51. The molecule has 0 aromatic heterocycles. The number of aryl methyl sites for hydroxylation is 1. The lowest BCUT2D eigenvalue weighted by molar-refractivity contribution is 0.983. The Labute approximate surface area is 87.3 Å². The van der Waals surface area contributed by atoms with E-state index in [4.69, 9.17) is 0 Å². The molecular weight excluding hydrogens is 168 g/mol. The molecule has 0 bridgehead atoms. The van der Waals surface area contributed by atoms with E-state index in [0.717, 1.165) is 5.92 Å². The molecule has 14 heavy (non-hydrogen) atoms. The Balaban J connectivity index is 2.47. The van der Waals surface area contributed by atoms with Gasteiger partial charge >= 0.3 is 0 Å². The lowest BCUT2D eigenvalue weighted by Gasteiger charge is -2.15. The molecule has 0 nitrogen and oxygen atoms in total. The van der Waals surface area contributed by atoms with Crippen molar-refractivity contribution in [2.45, 2.75) is 46.0 Å². The van der Waals surface area contributed by atoms with Gasteiger partial charge in [0.25, 0.3) is 0 Å². The standard InChI is InChI=1S/C14H19/c1-4-11-6-5-7-13(10(2)3)14(11)12-8-9-12/h5-7,12H,4,8-9H2,1-3H3. The van der Waals surface area contributed by atoms with Crippen LogP contribution in [0.5, 0.6) is 0 Å². The first kappa shape index (κ1) is 9.76. The van der Waals surface area contributed by atoms with Gasteiger partial charge in [-0.15, -0.1) is 0 Å². The van der Waals surface area contributed by atoms with Crippen LogP contribution in [-0.4, -0.2) is 0 Å². The summed E-state index contributed by atoms with van der Waals surface area (Å²) in [6.07, 6.45) is 3.97. The third-order valence-electron chi connectivity index (χ3n) is 3.10. The number of benzene rings is 1. The third-order valence-corrected chi connectivity index (χ3v) is 3.10. The number of hydrogen-bond donors (Lipinski definition) is 0. The number of hydrogen-bond acceptors (Lipinski definition) is 0. The average Bonchev–Trinajstić information content (AvgIpc) is 2.99. The van der Waals surface area contributed by atoms with Crippen LogP contribution in [0.3, 0.4) is 0 Å². The zero-order chi connectivity index (χ0) is 10.1. The third kappa shape index (κ3) is 1.70. The van der Waals surface area contributed by atoms with Crippen LogP contribution < -0.4 is 0 Å². The van der Waals surface area contributed by atoms with Crippen molar-refractivity contribution in [1.82, 2.24) is 0 Å². The predicted molar refractivity (Wildman–Crippen MR) is 61.5 cm³/mol. The predicted octanol–water partition coefficient (Wildman–Crippen LogP) is 4.09. The molecule has 2 rings (SSSR count). The highest BCUT2D eigenvalue weighted by Gasteiger charge is 2.28. The van der Waals surface area contributed by atoms with Crippen molar-refractivity contribution in [3.05, 3.63) is 40.8 Å². The molecule has 1 radical (unpaired) electrons. The second kappa shape index (κ2) is 3.76. The SMILES string of the molecule is CCc1cccc([C](C)C)c1C1CC1. The molecule has 0 aliphatic heterocycles. The van der Waals surface area contributed by atoms with Crippen LogP contribution in [0, 0.1) is 5.92 Å². The molecule has 1 aliphatic rings. The molecule has 1 aliphatic carbocycles. The van der Waals surface area contributed by atoms with Gasteiger partial charge in [0.2, 0.25) is 0 Å². The van der Waals surface area contributed by atoms with Crippen molar-refractivity contribution < 1.29 is 0 Å². The molecule has 0 saturated heterocycles. The van der Waals surface area contributed by atoms with E-state index in [9.17, 15) is 0 Å². The van der Waals surface area contributed by atoms with Crippen LogP contribution >= 0.6 is 0 Å². The number of rotatable bonds is 3. The van der Waals surface area contributed by atoms with Gasteiger partial charge in [-0.05, 0) is 47.8 Å². The van der Waals surface area contributed by atoms with E-state index in [1.807, 2.05) is 0 Å². The molecule has 0 spiro atoms. The first-order chi connectivity index (χ1) is 6.74. The molecule has 1 saturated carbocycles. The van der Waals surface area contributed by atoms with Crippen molar-refractivity contribution in [3.63, 3.8) is 0 Å². The summed E-state index contributed by atoms with van der Waals surface area (Å²) < 4.78 is 0. The molecule has 0 unspecified atom stereocenters. The van der Waals surface area contributed by atoms with Crippen LogP contribution in [0.25, 0.3) is 0 Å². The maximum atomic E-state index is 2.29. The topological polar surface area (TPSA) is 0 Å². The Hall–Kier alpha value is -0.780. The molecule has 0 heterocycles. The summed E-state index contributed by atoms with van der Waals surface area (Å²) in [4.78, 5) is 0. The quantitative estimate of drug-likeness (QED) is 0.668. The van der Waals surface area contributed by atoms with Gasteiger partial charge in [0, 0.05) is 0 Å². The van der Waals surface area contributed by atoms with E-state index in [-0.39, 0.29) is 0 Å². The summed E-state index contributed by atoms with van der Waals surface area (Å²) in [5.41, 5.74) is 4.72. The highest BCUT2D eigenvalue weighted by Crippen LogP contribution is 2.44. The van der Waals surface area contributed by atoms with Crippen LogP contribution in [-0.2, 0) is 6.42 Å². The lowest BCUT2D eigenvalue weighted by Crippen LogP contribution is -2.00. The Morgan fingerprint density at radius 3 is 2.50 bits per heavy atom. The highest BCUT2D eigenvalue weighted by atomic mass is 14.3. The van der Waals surface area contributed by atoms with Gasteiger partial charge < -0.3 is 0 Å². The maximum absolute atomic E-state index is 2.29. The van der Waals surface area contributed by atoms with Crippen molar-refractivity contribution in [2.75, 3.05) is 0 Å². The van der Waals surface area contributed by atoms with E-state index >= 15 is 0 Å². The minimum atomic E-state index is 0.871. The minimum absolute atomic E-state index is 0.871. The van der Waals surface area contributed by atoms with Crippen LogP contribution in [0.4, 0.5) is 0 Å². The summed E-state index contributed by atoms with van der Waals surface area (Å²) in [7, 11) is 0. The Morgan fingerprint density at radius 1 is 1.29 bits per heavy atom. The molecule has 1 fully saturated rings. The second-order valence-electron chi connectivity index (χ2n) is 4.51. The monoisotopic (exact) mass is 187 g/mol. The Bertz CT molecular complexity index is 319. The highest BCUT2D eigenvalue weighted by molar-refractivity contribution is 5.46. The fourth-order valence-corrected chi connectivity index (χ4v) is 2.21. The van der Waals surface area contributed by atoms with Crippen molar-refractivity contribution in [2.24, 2.45) is 0 Å². The molecule has 75 valence electrons. The summed E-state index contributed by atoms with van der Waals surface area (Å²) in [5, 5.41) is 0. The first-order valence-electron chi connectivity index (χ1n) is 5.66. The van der Waals surface area contributed by atoms with Gasteiger partial charge in [-0.2, -0.15) is 0 Å². The summed E-state index contributed by atoms with van der Waals surface area (Å²) in [6.45, 7) is 6.71. The van der Waals surface area contributed by atoms with Crippen LogP contribution in [0.2, 0.25) is 0 Å². The maximum Gasteiger partial charge on any atom is -0.000901 e. The van der Waals surface area contributed by atoms with Gasteiger partial charge in [-0.1, -0.05) is 39.0 Å². The molecular formula is C14H19. The van der Waals surface area contributed by atoms with E-state index in [1.165, 1.54) is 30.7 Å².